The van der Waals surface area contributed by atoms with Crippen LogP contribution in [0.4, 0.5) is 0 Å². The molecule has 0 saturated carbocycles. The Morgan fingerprint density at radius 2 is 1.61 bits per heavy atom. The molecule has 2 rings (SSSR count). The highest BCUT2D eigenvalue weighted by molar-refractivity contribution is 9.11. The van der Waals surface area contributed by atoms with E-state index >= 15 is 0 Å². The van der Waals surface area contributed by atoms with Crippen molar-refractivity contribution in [3.8, 4) is 0 Å². The minimum Gasteiger partial charge on any atom is -0.481 e. The molecule has 94 valence electrons. The number of carbonyl (C=O) groups is 1. The highest BCUT2D eigenvalue weighted by Gasteiger charge is 2.10. The molecule has 2 heterocycles. The maximum atomic E-state index is 10.7. The van der Waals surface area contributed by atoms with Gasteiger partial charge in [0, 0.05) is 15.3 Å². The topological polar surface area (TPSA) is 37.3 Å². The van der Waals surface area contributed by atoms with Crippen LogP contribution in [0.15, 0.2) is 37.9 Å². The normalized spacial score (nSPS) is 10.3. The van der Waals surface area contributed by atoms with Crippen LogP contribution in [-0.2, 0) is 4.79 Å². The second kappa shape index (κ2) is 6.14. The molecule has 0 aliphatic heterocycles. The van der Waals surface area contributed by atoms with Gasteiger partial charge in [-0.25, -0.2) is 0 Å². The first-order valence-corrected chi connectivity index (χ1v) is 8.21. The quantitative estimate of drug-likeness (QED) is 0.752. The lowest BCUT2D eigenvalue weighted by Crippen LogP contribution is -1.92. The van der Waals surface area contributed by atoms with Gasteiger partial charge in [0.25, 0.3) is 0 Å². The van der Waals surface area contributed by atoms with Gasteiger partial charge < -0.3 is 5.11 Å². The van der Waals surface area contributed by atoms with E-state index in [-0.39, 0.29) is 6.42 Å². The van der Waals surface area contributed by atoms with Gasteiger partial charge in [-0.05, 0) is 56.1 Å². The molecule has 1 N–H and O–H groups in total. The number of carboxylic acid groups (broad SMARTS) is 1. The molecule has 18 heavy (non-hydrogen) atoms. The Labute approximate surface area is 129 Å². The number of thiophene rings is 2. The lowest BCUT2D eigenvalue weighted by Gasteiger charge is -2.01. The van der Waals surface area contributed by atoms with Gasteiger partial charge in [0.05, 0.1) is 14.0 Å². The molecule has 2 aromatic rings. The van der Waals surface area contributed by atoms with Crippen LogP contribution in [0.1, 0.15) is 16.2 Å². The Bertz CT molecular complexity index is 556. The Hall–Kier alpha value is -0.430. The molecule has 0 aliphatic rings. The highest BCUT2D eigenvalue weighted by Crippen LogP contribution is 2.36. The number of rotatable bonds is 4. The van der Waals surface area contributed by atoms with Crippen LogP contribution in [0.3, 0.4) is 0 Å². The highest BCUT2D eigenvalue weighted by atomic mass is 79.9. The van der Waals surface area contributed by atoms with Gasteiger partial charge in [-0.3, -0.25) is 4.79 Å². The monoisotopic (exact) mass is 406 g/mol. The Balaban J connectivity index is 2.40. The number of hydrogen-bond acceptors (Lipinski definition) is 3. The van der Waals surface area contributed by atoms with Crippen LogP contribution in [0, 0.1) is 0 Å². The Kier molecular flexibility index (Phi) is 4.77. The van der Waals surface area contributed by atoms with Crippen molar-refractivity contribution in [2.45, 2.75) is 6.42 Å². The van der Waals surface area contributed by atoms with Gasteiger partial charge >= 0.3 is 5.97 Å². The van der Waals surface area contributed by atoms with Gasteiger partial charge in [0.2, 0.25) is 0 Å². The van der Waals surface area contributed by atoms with Crippen LogP contribution in [0.2, 0.25) is 0 Å². The van der Waals surface area contributed by atoms with Crippen molar-refractivity contribution in [2.24, 2.45) is 0 Å². The number of halogens is 2. The molecule has 0 radical (unpaired) electrons. The predicted octanol–water partition coefficient (Wildman–Crippen LogP) is 5.24. The molecule has 0 amide bonds. The molecule has 0 unspecified atom stereocenters. The zero-order chi connectivity index (χ0) is 13.1. The zero-order valence-electron chi connectivity index (χ0n) is 9.02. The molecule has 6 heteroatoms. The van der Waals surface area contributed by atoms with E-state index < -0.39 is 5.97 Å². The molecular weight excluding hydrogens is 400 g/mol. The smallest absolute Gasteiger partial charge is 0.307 e. The summed E-state index contributed by atoms with van der Waals surface area (Å²) in [5.41, 5.74) is 0.976. The molecule has 0 atom stereocenters. The van der Waals surface area contributed by atoms with Crippen molar-refractivity contribution >= 4 is 66.1 Å². The number of carboxylic acids is 1. The van der Waals surface area contributed by atoms with Crippen molar-refractivity contribution in [2.75, 3.05) is 0 Å². The van der Waals surface area contributed by atoms with Crippen molar-refractivity contribution in [1.29, 1.82) is 0 Å². The summed E-state index contributed by atoms with van der Waals surface area (Å²) in [6, 6.07) is 7.93. The summed E-state index contributed by atoms with van der Waals surface area (Å²) in [5.74, 6) is -0.821. The maximum absolute atomic E-state index is 10.7. The lowest BCUT2D eigenvalue weighted by atomic mass is 10.1. The zero-order valence-corrected chi connectivity index (χ0v) is 13.8. The minimum absolute atomic E-state index is 0.0281. The molecular formula is C12H8Br2O2S2. The van der Waals surface area contributed by atoms with E-state index in [1.54, 1.807) is 28.7 Å². The van der Waals surface area contributed by atoms with Gasteiger partial charge in [-0.15, -0.1) is 22.7 Å². The average molecular weight is 408 g/mol. The Morgan fingerprint density at radius 3 is 1.94 bits per heavy atom. The maximum Gasteiger partial charge on any atom is 0.307 e. The first-order chi connectivity index (χ1) is 8.56. The van der Waals surface area contributed by atoms with Crippen molar-refractivity contribution in [3.05, 3.63) is 47.7 Å². The lowest BCUT2D eigenvalue weighted by molar-refractivity contribution is -0.135. The fourth-order valence-corrected chi connectivity index (χ4v) is 4.38. The van der Waals surface area contributed by atoms with Crippen molar-refractivity contribution in [3.63, 3.8) is 0 Å². The fourth-order valence-electron chi connectivity index (χ4n) is 1.43. The SMILES string of the molecule is O=C(O)CC=C(c1ccc(Br)s1)c1ccc(Br)s1. The largest absolute Gasteiger partial charge is 0.481 e. The number of hydrogen-bond donors (Lipinski definition) is 1. The average Bonchev–Trinajstić information content (AvgIpc) is 2.89. The third-order valence-electron chi connectivity index (χ3n) is 2.16. The molecule has 2 aromatic heterocycles. The second-order valence-corrected chi connectivity index (χ2v) is 8.35. The van der Waals surface area contributed by atoms with Crippen LogP contribution >= 0.6 is 54.5 Å². The first-order valence-electron chi connectivity index (χ1n) is 4.99. The van der Waals surface area contributed by atoms with Gasteiger partial charge in [-0.1, -0.05) is 6.08 Å². The van der Waals surface area contributed by atoms with E-state index in [4.69, 9.17) is 5.11 Å². The number of aliphatic carboxylic acids is 1. The summed E-state index contributed by atoms with van der Waals surface area (Å²) < 4.78 is 2.07. The van der Waals surface area contributed by atoms with Crippen LogP contribution in [0.25, 0.3) is 5.57 Å². The van der Waals surface area contributed by atoms with Crippen LogP contribution in [0.5, 0.6) is 0 Å². The third kappa shape index (κ3) is 3.54. The molecule has 0 aliphatic carbocycles. The van der Waals surface area contributed by atoms with Gasteiger partial charge in [-0.2, -0.15) is 0 Å². The molecule has 0 saturated heterocycles. The van der Waals surface area contributed by atoms with Crippen molar-refractivity contribution in [1.82, 2.24) is 0 Å². The van der Waals surface area contributed by atoms with Gasteiger partial charge in [0.1, 0.15) is 0 Å². The summed E-state index contributed by atoms with van der Waals surface area (Å²) in [4.78, 5) is 12.9. The summed E-state index contributed by atoms with van der Waals surface area (Å²) in [5, 5.41) is 8.81. The first kappa shape index (κ1) is 14.0. The minimum atomic E-state index is -0.821. The molecule has 0 bridgehead atoms. The van der Waals surface area contributed by atoms with Crippen LogP contribution in [-0.4, -0.2) is 11.1 Å². The van der Waals surface area contributed by atoms with E-state index in [0.29, 0.717) is 0 Å². The summed E-state index contributed by atoms with van der Waals surface area (Å²) in [7, 11) is 0. The van der Waals surface area contributed by atoms with E-state index in [1.807, 2.05) is 24.3 Å². The van der Waals surface area contributed by atoms with E-state index in [1.165, 1.54) is 0 Å². The summed E-state index contributed by atoms with van der Waals surface area (Å²) >= 11 is 10.1. The standard InChI is InChI=1S/C12H8Br2O2S2/c13-10-4-2-8(17-10)7(1-6-12(15)16)9-3-5-11(14)18-9/h1-5H,6H2,(H,15,16). The van der Waals surface area contributed by atoms with Gasteiger partial charge in [0.15, 0.2) is 0 Å². The molecule has 0 fully saturated rings. The second-order valence-electron chi connectivity index (χ2n) is 3.42. The molecule has 0 aromatic carbocycles. The third-order valence-corrected chi connectivity index (χ3v) is 5.47. The van der Waals surface area contributed by atoms with Crippen molar-refractivity contribution < 1.29 is 9.90 Å². The molecule has 2 nitrogen and oxygen atoms in total. The van der Waals surface area contributed by atoms with E-state index in [0.717, 1.165) is 22.9 Å². The van der Waals surface area contributed by atoms with E-state index in [9.17, 15) is 4.79 Å². The Morgan fingerprint density at radius 1 is 1.11 bits per heavy atom. The fraction of sp³-hybridized carbons (Fsp3) is 0.0833. The van der Waals surface area contributed by atoms with Crippen LogP contribution < -0.4 is 0 Å². The summed E-state index contributed by atoms with van der Waals surface area (Å²) in [6.45, 7) is 0. The van der Waals surface area contributed by atoms with E-state index in [2.05, 4.69) is 31.9 Å². The predicted molar refractivity (Wildman–Crippen MR) is 83.4 cm³/mol. The summed E-state index contributed by atoms with van der Waals surface area (Å²) in [6.07, 6.45) is 1.79. The molecule has 0 spiro atoms.